The van der Waals surface area contributed by atoms with Crippen LogP contribution in [0.2, 0.25) is 0 Å². The quantitative estimate of drug-likeness (QED) is 0.632. The molecular weight excluding hydrogens is 228 g/mol. The minimum Gasteiger partial charge on any atom is -0.473 e. The lowest BCUT2D eigenvalue weighted by Crippen LogP contribution is -2.30. The van der Waals surface area contributed by atoms with Crippen LogP contribution in [0.25, 0.3) is 0 Å². The third-order valence-electron chi connectivity index (χ3n) is 3.75. The predicted molar refractivity (Wildman–Crippen MR) is 69.6 cm³/mol. The summed E-state index contributed by atoms with van der Waals surface area (Å²) in [6.07, 6.45) is 6.47. The number of hydrogen-bond acceptors (Lipinski definition) is 4. The highest BCUT2D eigenvalue weighted by Gasteiger charge is 2.26. The second kappa shape index (κ2) is 5.33. The van der Waals surface area contributed by atoms with Gasteiger partial charge in [-0.2, -0.15) is 0 Å². The number of amidine groups is 1. The molecule has 18 heavy (non-hydrogen) atoms. The molecule has 0 aliphatic heterocycles. The highest BCUT2D eigenvalue weighted by Crippen LogP contribution is 2.31. The van der Waals surface area contributed by atoms with Gasteiger partial charge in [0.1, 0.15) is 11.9 Å². The van der Waals surface area contributed by atoms with Crippen LogP contribution in [0.15, 0.2) is 12.4 Å². The van der Waals surface area contributed by atoms with Gasteiger partial charge in [-0.05, 0) is 31.1 Å². The summed E-state index contributed by atoms with van der Waals surface area (Å²) >= 11 is 0. The van der Waals surface area contributed by atoms with E-state index in [9.17, 15) is 0 Å². The summed E-state index contributed by atoms with van der Waals surface area (Å²) < 4.78 is 5.87. The molecule has 1 aliphatic carbocycles. The SMILES string of the molecule is CC1CCC(Oc2nccnc2C(=N)N)CC1C. The van der Waals surface area contributed by atoms with Gasteiger partial charge < -0.3 is 10.5 Å². The smallest absolute Gasteiger partial charge is 0.244 e. The van der Waals surface area contributed by atoms with Gasteiger partial charge in [0, 0.05) is 12.4 Å². The lowest BCUT2D eigenvalue weighted by Gasteiger charge is -2.32. The van der Waals surface area contributed by atoms with Crippen LogP contribution in [-0.2, 0) is 0 Å². The first kappa shape index (κ1) is 12.8. The Balaban J connectivity index is 2.08. The van der Waals surface area contributed by atoms with Crippen LogP contribution < -0.4 is 10.5 Å². The maximum atomic E-state index is 7.46. The highest BCUT2D eigenvalue weighted by atomic mass is 16.5. The van der Waals surface area contributed by atoms with E-state index in [4.69, 9.17) is 15.9 Å². The molecule has 3 N–H and O–H groups in total. The highest BCUT2D eigenvalue weighted by molar-refractivity contribution is 5.94. The molecule has 0 spiro atoms. The van der Waals surface area contributed by atoms with Crippen molar-refractivity contribution in [3.8, 4) is 5.88 Å². The Morgan fingerprint density at radius 1 is 1.28 bits per heavy atom. The Kier molecular flexibility index (Phi) is 3.79. The molecule has 0 radical (unpaired) electrons. The number of nitrogens with two attached hydrogens (primary N) is 1. The zero-order valence-electron chi connectivity index (χ0n) is 10.9. The first-order valence-corrected chi connectivity index (χ1v) is 6.40. The largest absolute Gasteiger partial charge is 0.473 e. The van der Waals surface area contributed by atoms with Gasteiger partial charge in [-0.1, -0.05) is 13.8 Å². The van der Waals surface area contributed by atoms with Crippen molar-refractivity contribution >= 4 is 5.84 Å². The summed E-state index contributed by atoms with van der Waals surface area (Å²) in [5, 5.41) is 7.46. The number of ether oxygens (including phenoxy) is 1. The van der Waals surface area contributed by atoms with Crippen molar-refractivity contribution < 1.29 is 4.74 Å². The molecule has 3 unspecified atom stereocenters. The summed E-state index contributed by atoms with van der Waals surface area (Å²) in [4.78, 5) is 8.17. The van der Waals surface area contributed by atoms with E-state index in [1.807, 2.05) is 0 Å². The number of hydrogen-bond donors (Lipinski definition) is 2. The van der Waals surface area contributed by atoms with Gasteiger partial charge >= 0.3 is 0 Å². The van der Waals surface area contributed by atoms with E-state index in [0.717, 1.165) is 18.8 Å². The first-order valence-electron chi connectivity index (χ1n) is 6.40. The molecule has 1 aromatic rings. The van der Waals surface area contributed by atoms with Crippen molar-refractivity contribution in [1.82, 2.24) is 9.97 Å². The maximum Gasteiger partial charge on any atom is 0.244 e. The van der Waals surface area contributed by atoms with E-state index in [0.29, 0.717) is 17.5 Å². The molecule has 0 bridgehead atoms. The Hall–Kier alpha value is -1.65. The van der Waals surface area contributed by atoms with E-state index in [1.54, 1.807) is 6.20 Å². The van der Waals surface area contributed by atoms with Crippen molar-refractivity contribution in [3.63, 3.8) is 0 Å². The van der Waals surface area contributed by atoms with Crippen molar-refractivity contribution in [2.75, 3.05) is 0 Å². The molecule has 98 valence electrons. The van der Waals surface area contributed by atoms with Gasteiger partial charge in [0.05, 0.1) is 0 Å². The van der Waals surface area contributed by atoms with E-state index in [-0.39, 0.29) is 11.9 Å². The Labute approximate surface area is 107 Å². The second-order valence-corrected chi connectivity index (χ2v) is 5.13. The molecule has 1 heterocycles. The Morgan fingerprint density at radius 3 is 2.67 bits per heavy atom. The molecule has 0 aromatic carbocycles. The number of rotatable bonds is 3. The number of aromatic nitrogens is 2. The normalized spacial score (nSPS) is 27.8. The third-order valence-corrected chi connectivity index (χ3v) is 3.75. The van der Waals surface area contributed by atoms with Crippen LogP contribution in [0, 0.1) is 17.2 Å². The van der Waals surface area contributed by atoms with Crippen LogP contribution in [0.5, 0.6) is 5.88 Å². The van der Waals surface area contributed by atoms with Crippen molar-refractivity contribution in [2.24, 2.45) is 17.6 Å². The summed E-state index contributed by atoms with van der Waals surface area (Å²) in [6.45, 7) is 4.53. The Morgan fingerprint density at radius 2 is 2.00 bits per heavy atom. The lowest BCUT2D eigenvalue weighted by atomic mass is 9.80. The zero-order valence-corrected chi connectivity index (χ0v) is 10.9. The monoisotopic (exact) mass is 248 g/mol. The molecule has 1 fully saturated rings. The lowest BCUT2D eigenvalue weighted by molar-refractivity contribution is 0.0958. The first-order chi connectivity index (χ1) is 8.58. The molecule has 5 heteroatoms. The molecule has 1 aromatic heterocycles. The van der Waals surface area contributed by atoms with E-state index in [1.165, 1.54) is 12.6 Å². The van der Waals surface area contributed by atoms with Gasteiger partial charge in [-0.3, -0.25) is 5.41 Å². The van der Waals surface area contributed by atoms with Crippen LogP contribution >= 0.6 is 0 Å². The fraction of sp³-hybridized carbons (Fsp3) is 0.615. The average Bonchev–Trinajstić information content (AvgIpc) is 2.34. The van der Waals surface area contributed by atoms with Gasteiger partial charge in [0.2, 0.25) is 5.88 Å². The van der Waals surface area contributed by atoms with E-state index < -0.39 is 0 Å². The standard InChI is InChI=1S/C13H20N4O/c1-8-3-4-10(7-9(8)2)18-13-11(12(14)15)16-5-6-17-13/h5-6,8-10H,3-4,7H2,1-2H3,(H3,14,15). The predicted octanol–water partition coefficient (Wildman–Crippen LogP) is 1.96. The zero-order chi connectivity index (χ0) is 13.1. The van der Waals surface area contributed by atoms with Gasteiger partial charge in [0.25, 0.3) is 0 Å². The molecule has 2 rings (SSSR count). The summed E-state index contributed by atoms with van der Waals surface area (Å²) in [5.41, 5.74) is 5.81. The van der Waals surface area contributed by atoms with Gasteiger partial charge in [-0.15, -0.1) is 0 Å². The molecule has 0 saturated heterocycles. The molecule has 1 saturated carbocycles. The minimum atomic E-state index is -0.102. The van der Waals surface area contributed by atoms with Gasteiger partial charge in [0.15, 0.2) is 5.69 Å². The van der Waals surface area contributed by atoms with Crippen LogP contribution in [0.3, 0.4) is 0 Å². The average molecular weight is 248 g/mol. The summed E-state index contributed by atoms with van der Waals surface area (Å²) in [6, 6.07) is 0. The second-order valence-electron chi connectivity index (χ2n) is 5.13. The third kappa shape index (κ3) is 2.78. The van der Waals surface area contributed by atoms with Crippen molar-refractivity contribution in [2.45, 2.75) is 39.2 Å². The van der Waals surface area contributed by atoms with Crippen LogP contribution in [0.4, 0.5) is 0 Å². The molecule has 5 nitrogen and oxygen atoms in total. The molecule has 0 amide bonds. The fourth-order valence-corrected chi connectivity index (χ4v) is 2.36. The van der Waals surface area contributed by atoms with Crippen LogP contribution in [-0.4, -0.2) is 21.9 Å². The van der Waals surface area contributed by atoms with Crippen molar-refractivity contribution in [1.29, 1.82) is 5.41 Å². The molecular formula is C13H20N4O. The topological polar surface area (TPSA) is 84.9 Å². The van der Waals surface area contributed by atoms with E-state index in [2.05, 4.69) is 23.8 Å². The number of nitrogen functional groups attached to an aromatic ring is 1. The number of nitrogens with one attached hydrogen (secondary N) is 1. The minimum absolute atomic E-state index is 0.102. The summed E-state index contributed by atoms with van der Waals surface area (Å²) in [7, 11) is 0. The number of nitrogens with zero attached hydrogens (tertiary/aromatic N) is 2. The molecule has 1 aliphatic rings. The molecule has 3 atom stereocenters. The van der Waals surface area contributed by atoms with Gasteiger partial charge in [-0.25, -0.2) is 9.97 Å². The van der Waals surface area contributed by atoms with E-state index >= 15 is 0 Å². The maximum absolute atomic E-state index is 7.46. The Bertz CT molecular complexity index is 435. The summed E-state index contributed by atoms with van der Waals surface area (Å²) in [5.74, 6) is 1.69. The fourth-order valence-electron chi connectivity index (χ4n) is 2.36. The van der Waals surface area contributed by atoms with Crippen LogP contribution in [0.1, 0.15) is 38.8 Å². The van der Waals surface area contributed by atoms with Crippen molar-refractivity contribution in [3.05, 3.63) is 18.1 Å².